The Balaban J connectivity index is 0.000000538. The van der Waals surface area contributed by atoms with Gasteiger partial charge in [0, 0.05) is 50.9 Å². The lowest BCUT2D eigenvalue weighted by Crippen LogP contribution is -2.52. The van der Waals surface area contributed by atoms with E-state index in [0.29, 0.717) is 0 Å². The summed E-state index contributed by atoms with van der Waals surface area (Å²) in [5.41, 5.74) is 2.64. The quantitative estimate of drug-likeness (QED) is 0.557. The van der Waals surface area contributed by atoms with E-state index in [2.05, 4.69) is 57.2 Å². The number of hydrogen-bond donors (Lipinski definition) is 2. The van der Waals surface area contributed by atoms with Gasteiger partial charge in [0.25, 0.3) is 0 Å². The first-order valence-electron chi connectivity index (χ1n) is 12.3. The van der Waals surface area contributed by atoms with Crippen LogP contribution in [0.4, 0.5) is 0 Å². The Morgan fingerprint density at radius 1 is 0.778 bits per heavy atom. The highest BCUT2D eigenvalue weighted by Gasteiger charge is 2.28. The molecular formula is C27H37N3O6. The topological polar surface area (TPSA) is 103 Å². The molecule has 0 saturated carbocycles. The minimum Gasteiger partial charge on any atom is -0.493 e. The summed E-state index contributed by atoms with van der Waals surface area (Å²) in [4.78, 5) is 26.1. The fourth-order valence-electron chi connectivity index (χ4n) is 4.89. The van der Waals surface area contributed by atoms with Crippen LogP contribution in [0.25, 0.3) is 0 Å². The van der Waals surface area contributed by atoms with Crippen LogP contribution in [0, 0.1) is 0 Å². The summed E-state index contributed by atoms with van der Waals surface area (Å²) in [5.74, 6) is -1.96. The Bertz CT molecular complexity index is 959. The van der Waals surface area contributed by atoms with Crippen LogP contribution in [0.3, 0.4) is 0 Å². The van der Waals surface area contributed by atoms with Crippen LogP contribution in [-0.4, -0.2) is 96.4 Å². The summed E-state index contributed by atoms with van der Waals surface area (Å²) in [6.45, 7) is 8.98. The molecule has 4 rings (SSSR count). The summed E-state index contributed by atoms with van der Waals surface area (Å²) in [5, 5.41) is 14.8. The number of likely N-dealkylation sites (tertiary alicyclic amines) is 1. The van der Waals surface area contributed by atoms with E-state index in [1.807, 2.05) is 6.07 Å². The van der Waals surface area contributed by atoms with E-state index >= 15 is 0 Å². The van der Waals surface area contributed by atoms with Crippen LogP contribution in [0.1, 0.15) is 24.0 Å². The van der Waals surface area contributed by atoms with Crippen molar-refractivity contribution >= 4 is 11.9 Å². The number of ether oxygens (including phenoxy) is 2. The third-order valence-electron chi connectivity index (χ3n) is 6.79. The van der Waals surface area contributed by atoms with Gasteiger partial charge in [0.05, 0.1) is 14.2 Å². The predicted molar refractivity (Wildman–Crippen MR) is 136 cm³/mol. The number of carboxylic acids is 2. The van der Waals surface area contributed by atoms with Crippen molar-refractivity contribution in [1.29, 1.82) is 0 Å². The minimum absolute atomic E-state index is 0.741. The number of carboxylic acid groups (broad SMARTS) is 2. The SMILES string of the molecule is COc1cccc(CN2CCN(C3CCN(Cc4ccccc4)CC3)CC2)c1OC.O=C(O)C(=O)O. The molecule has 2 saturated heterocycles. The average Bonchev–Trinajstić information content (AvgIpc) is 2.90. The van der Waals surface area contributed by atoms with Gasteiger partial charge in [-0.2, -0.15) is 0 Å². The monoisotopic (exact) mass is 499 g/mol. The molecule has 2 aliphatic rings. The second-order valence-electron chi connectivity index (χ2n) is 9.07. The maximum absolute atomic E-state index is 9.10. The zero-order valence-corrected chi connectivity index (χ0v) is 21.1. The Hall–Kier alpha value is -3.14. The minimum atomic E-state index is -1.82. The van der Waals surface area contributed by atoms with Crippen molar-refractivity contribution in [1.82, 2.24) is 14.7 Å². The predicted octanol–water partition coefficient (Wildman–Crippen LogP) is 2.64. The smallest absolute Gasteiger partial charge is 0.414 e. The largest absolute Gasteiger partial charge is 0.493 e. The second-order valence-corrected chi connectivity index (χ2v) is 9.07. The van der Waals surface area contributed by atoms with E-state index < -0.39 is 11.9 Å². The third-order valence-corrected chi connectivity index (χ3v) is 6.79. The van der Waals surface area contributed by atoms with Crippen LogP contribution in [0.15, 0.2) is 48.5 Å². The number of benzene rings is 2. The van der Waals surface area contributed by atoms with Crippen molar-refractivity contribution in [2.75, 3.05) is 53.5 Å². The Kier molecular flexibility index (Phi) is 10.5. The van der Waals surface area contributed by atoms with Gasteiger partial charge in [-0.25, -0.2) is 9.59 Å². The van der Waals surface area contributed by atoms with E-state index in [1.165, 1.54) is 37.1 Å². The summed E-state index contributed by atoms with van der Waals surface area (Å²) >= 11 is 0. The van der Waals surface area contributed by atoms with Gasteiger partial charge in [-0.3, -0.25) is 14.7 Å². The van der Waals surface area contributed by atoms with Gasteiger partial charge in [0.15, 0.2) is 11.5 Å². The fourth-order valence-corrected chi connectivity index (χ4v) is 4.89. The number of hydrogen-bond acceptors (Lipinski definition) is 7. The van der Waals surface area contributed by atoms with Crippen LogP contribution in [0.5, 0.6) is 11.5 Å². The first-order chi connectivity index (χ1) is 17.4. The first-order valence-corrected chi connectivity index (χ1v) is 12.3. The van der Waals surface area contributed by atoms with Crippen molar-refractivity contribution in [3.05, 3.63) is 59.7 Å². The molecule has 9 heteroatoms. The summed E-state index contributed by atoms with van der Waals surface area (Å²) in [6, 6.07) is 17.8. The number of piperidine rings is 1. The van der Waals surface area contributed by atoms with E-state index in [9.17, 15) is 0 Å². The lowest BCUT2D eigenvalue weighted by atomic mass is 10.0. The maximum atomic E-state index is 9.10. The van der Waals surface area contributed by atoms with E-state index in [1.54, 1.807) is 14.2 Å². The fraction of sp³-hybridized carbons (Fsp3) is 0.481. The zero-order chi connectivity index (χ0) is 25.9. The van der Waals surface area contributed by atoms with Gasteiger partial charge in [0.2, 0.25) is 0 Å². The molecule has 0 radical (unpaired) electrons. The zero-order valence-electron chi connectivity index (χ0n) is 21.1. The molecule has 2 aromatic rings. The van der Waals surface area contributed by atoms with Crippen molar-refractivity contribution in [3.63, 3.8) is 0 Å². The van der Waals surface area contributed by atoms with Crippen molar-refractivity contribution in [2.45, 2.75) is 32.0 Å². The number of carbonyl (C=O) groups is 2. The van der Waals surface area contributed by atoms with Crippen molar-refractivity contribution < 1.29 is 29.3 Å². The molecule has 36 heavy (non-hydrogen) atoms. The molecule has 2 fully saturated rings. The summed E-state index contributed by atoms with van der Waals surface area (Å²) < 4.78 is 11.1. The molecular weight excluding hydrogens is 462 g/mol. The molecule has 196 valence electrons. The molecule has 0 aliphatic carbocycles. The molecule has 2 heterocycles. The molecule has 0 spiro atoms. The summed E-state index contributed by atoms with van der Waals surface area (Å²) in [7, 11) is 3.43. The number of nitrogens with zero attached hydrogens (tertiary/aromatic N) is 3. The number of para-hydroxylation sites is 1. The average molecular weight is 500 g/mol. The lowest BCUT2D eigenvalue weighted by molar-refractivity contribution is -0.159. The molecule has 2 aliphatic heterocycles. The van der Waals surface area contributed by atoms with Crippen molar-refractivity contribution in [3.8, 4) is 11.5 Å². The molecule has 0 atom stereocenters. The summed E-state index contributed by atoms with van der Waals surface area (Å²) in [6.07, 6.45) is 2.58. The Labute approximate surface area is 212 Å². The van der Waals surface area contributed by atoms with Crippen LogP contribution >= 0.6 is 0 Å². The number of methoxy groups -OCH3 is 2. The highest BCUT2D eigenvalue weighted by atomic mass is 16.5. The molecule has 0 bridgehead atoms. The highest BCUT2D eigenvalue weighted by molar-refractivity contribution is 6.27. The standard InChI is InChI=1S/C25H35N3O2.C2H2O4/c1-29-24-10-6-9-22(25(24)30-2)20-27-15-17-28(18-16-27)23-11-13-26(14-12-23)19-21-7-4-3-5-8-21;3-1(4)2(5)6/h3-10,23H,11-20H2,1-2H3;(H,3,4)(H,5,6). The Morgan fingerprint density at radius 3 is 1.94 bits per heavy atom. The van der Waals surface area contributed by atoms with Crippen molar-refractivity contribution in [2.24, 2.45) is 0 Å². The number of piperazine rings is 1. The van der Waals surface area contributed by atoms with Gasteiger partial charge in [-0.05, 0) is 37.6 Å². The normalized spacial score (nSPS) is 17.6. The van der Waals surface area contributed by atoms with Gasteiger partial charge in [-0.1, -0.05) is 42.5 Å². The second kappa shape index (κ2) is 13.8. The Morgan fingerprint density at radius 2 is 1.39 bits per heavy atom. The van der Waals surface area contributed by atoms with Gasteiger partial charge in [-0.15, -0.1) is 0 Å². The molecule has 2 aromatic carbocycles. The van der Waals surface area contributed by atoms with Crippen LogP contribution < -0.4 is 9.47 Å². The number of aliphatic carboxylic acids is 2. The van der Waals surface area contributed by atoms with E-state index in [4.69, 9.17) is 29.3 Å². The molecule has 9 nitrogen and oxygen atoms in total. The first kappa shape index (κ1) is 27.4. The lowest BCUT2D eigenvalue weighted by Gasteiger charge is -2.43. The third kappa shape index (κ3) is 7.94. The van der Waals surface area contributed by atoms with Gasteiger partial charge < -0.3 is 19.7 Å². The molecule has 0 amide bonds. The van der Waals surface area contributed by atoms with E-state index in [0.717, 1.165) is 56.8 Å². The number of rotatable bonds is 7. The van der Waals surface area contributed by atoms with Crippen LogP contribution in [0.2, 0.25) is 0 Å². The molecule has 0 unspecified atom stereocenters. The molecule has 0 aromatic heterocycles. The molecule has 2 N–H and O–H groups in total. The van der Waals surface area contributed by atoms with Crippen LogP contribution in [-0.2, 0) is 22.7 Å². The van der Waals surface area contributed by atoms with E-state index in [-0.39, 0.29) is 0 Å². The highest BCUT2D eigenvalue weighted by Crippen LogP contribution is 2.32. The maximum Gasteiger partial charge on any atom is 0.414 e. The van der Waals surface area contributed by atoms with Gasteiger partial charge in [0.1, 0.15) is 0 Å². The van der Waals surface area contributed by atoms with Gasteiger partial charge >= 0.3 is 11.9 Å².